The van der Waals surface area contributed by atoms with E-state index >= 15 is 0 Å². The lowest BCUT2D eigenvalue weighted by atomic mass is 9.95. The number of rotatable bonds is 28. The van der Waals surface area contributed by atoms with Crippen molar-refractivity contribution in [2.75, 3.05) is 19.7 Å². The van der Waals surface area contributed by atoms with Gasteiger partial charge < -0.3 is 57.6 Å². The predicted molar refractivity (Wildman–Crippen MR) is 260 cm³/mol. The number of aliphatic hydroxyl groups excluding tert-OH is 1. The third kappa shape index (κ3) is 17.8. The Labute approximate surface area is 409 Å². The van der Waals surface area contributed by atoms with E-state index in [1.807, 2.05) is 69.2 Å². The highest BCUT2D eigenvalue weighted by atomic mass is 16.4. The molecule has 2 aliphatic rings. The van der Waals surface area contributed by atoms with Gasteiger partial charge in [-0.2, -0.15) is 0 Å². The Morgan fingerprint density at radius 3 is 1.32 bits per heavy atom. The number of nitrogens with one attached hydrogen (secondary N) is 6. The molecule has 2 saturated heterocycles. The van der Waals surface area contributed by atoms with Crippen molar-refractivity contribution in [2.24, 2.45) is 41.2 Å². The number of amides is 8. The smallest absolute Gasteiger partial charge is 0.326 e. The van der Waals surface area contributed by atoms with Gasteiger partial charge >= 0.3 is 5.97 Å². The fraction of sp³-hybridized carbons (Fsp3) is 0.816. The summed E-state index contributed by atoms with van der Waals surface area (Å²) in [6.07, 6.45) is 3.72. The zero-order valence-electron chi connectivity index (χ0n) is 43.4. The Hall–Kier alpha value is -4.85. The van der Waals surface area contributed by atoms with Crippen LogP contribution in [0.2, 0.25) is 0 Å². The van der Waals surface area contributed by atoms with E-state index in [1.165, 1.54) is 9.80 Å². The average molecular weight is 978 g/mol. The molecular formula is C49H87N9O11. The van der Waals surface area contributed by atoms with Gasteiger partial charge in [0, 0.05) is 13.1 Å². The predicted octanol–water partition coefficient (Wildman–Crippen LogP) is 1.56. The molecular weight excluding hydrogens is 891 g/mol. The normalized spacial score (nSPS) is 20.4. The van der Waals surface area contributed by atoms with E-state index in [9.17, 15) is 53.4 Å². The van der Waals surface area contributed by atoms with Crippen LogP contribution in [0.1, 0.15) is 147 Å². The largest absolute Gasteiger partial charge is 0.480 e. The van der Waals surface area contributed by atoms with Gasteiger partial charge in [-0.1, -0.05) is 102 Å². The number of nitrogens with two attached hydrogens (primary N) is 1. The molecule has 2 fully saturated rings. The van der Waals surface area contributed by atoms with Crippen LogP contribution in [0.25, 0.3) is 0 Å². The van der Waals surface area contributed by atoms with Crippen LogP contribution in [0, 0.1) is 35.5 Å². The number of aliphatic hydroxyl groups is 1. The van der Waals surface area contributed by atoms with E-state index in [2.05, 4.69) is 31.9 Å². The molecule has 394 valence electrons. The monoisotopic (exact) mass is 978 g/mol. The van der Waals surface area contributed by atoms with Gasteiger partial charge in [0.1, 0.15) is 48.3 Å². The SMILES string of the molecule is CC[C@H](C)[C@H](N)C(=O)N[C@@H](CC(C)C)C(=O)N[C@H](C(=O)N1CCC[C@H]1C(=O)N[C@@H](CO)C(=O)N[C@@H](CC(C)C)C(=O)N1CCC[C@H]1C(=O)N[C@@H](CC(C)C)C(=O)N[C@H](C(=O)O)[C@@H](C)CC)[C@@H](C)CC. The van der Waals surface area contributed by atoms with Crippen LogP contribution in [0.15, 0.2) is 0 Å². The lowest BCUT2D eigenvalue weighted by molar-refractivity contribution is -0.145. The van der Waals surface area contributed by atoms with Crippen LogP contribution in [0.4, 0.5) is 0 Å². The highest BCUT2D eigenvalue weighted by Crippen LogP contribution is 2.24. The summed E-state index contributed by atoms with van der Waals surface area (Å²) in [6, 6.07) is -9.83. The molecule has 0 saturated carbocycles. The van der Waals surface area contributed by atoms with Crippen molar-refractivity contribution in [3.05, 3.63) is 0 Å². The van der Waals surface area contributed by atoms with Gasteiger partial charge in [-0.15, -0.1) is 0 Å². The Bertz CT molecular complexity index is 1760. The van der Waals surface area contributed by atoms with Gasteiger partial charge in [-0.05, 0) is 80.5 Å². The first-order valence-corrected chi connectivity index (χ1v) is 25.4. The van der Waals surface area contributed by atoms with Gasteiger partial charge in [0.15, 0.2) is 0 Å². The minimum absolute atomic E-state index is 0.00933. The van der Waals surface area contributed by atoms with Crippen molar-refractivity contribution >= 4 is 53.2 Å². The molecule has 0 unspecified atom stereocenters. The number of nitrogens with zero attached hydrogens (tertiary/aromatic N) is 2. The molecule has 20 nitrogen and oxygen atoms in total. The van der Waals surface area contributed by atoms with E-state index in [0.29, 0.717) is 38.5 Å². The second kappa shape index (κ2) is 28.7. The van der Waals surface area contributed by atoms with E-state index in [1.54, 1.807) is 13.8 Å². The number of hydrogen-bond donors (Lipinski definition) is 9. The number of aliphatic carboxylic acids is 1. The number of likely N-dealkylation sites (tertiary alicyclic amines) is 2. The summed E-state index contributed by atoms with van der Waals surface area (Å²) in [4.78, 5) is 125. The number of carbonyl (C=O) groups excluding carboxylic acids is 8. The molecule has 2 heterocycles. The third-order valence-corrected chi connectivity index (χ3v) is 13.6. The molecule has 0 spiro atoms. The highest BCUT2D eigenvalue weighted by molar-refractivity contribution is 5.98. The fourth-order valence-electron chi connectivity index (χ4n) is 8.74. The summed E-state index contributed by atoms with van der Waals surface area (Å²) in [5, 5.41) is 36.5. The molecule has 69 heavy (non-hydrogen) atoms. The summed E-state index contributed by atoms with van der Waals surface area (Å²) in [5.74, 6) is -7.15. The molecule has 10 N–H and O–H groups in total. The van der Waals surface area contributed by atoms with Crippen molar-refractivity contribution in [1.82, 2.24) is 41.7 Å². The first-order chi connectivity index (χ1) is 32.3. The molecule has 0 aromatic carbocycles. The van der Waals surface area contributed by atoms with Crippen molar-refractivity contribution in [2.45, 2.75) is 202 Å². The van der Waals surface area contributed by atoms with Crippen molar-refractivity contribution < 1.29 is 53.4 Å². The topological polar surface area (TPSA) is 299 Å². The van der Waals surface area contributed by atoms with Crippen LogP contribution in [0.3, 0.4) is 0 Å². The number of carboxylic acid groups (broad SMARTS) is 1. The summed E-state index contributed by atoms with van der Waals surface area (Å²) in [6.45, 7) is 21.7. The first-order valence-electron chi connectivity index (χ1n) is 25.4. The van der Waals surface area contributed by atoms with E-state index in [0.717, 1.165) is 0 Å². The van der Waals surface area contributed by atoms with Crippen LogP contribution in [-0.2, 0) is 43.2 Å². The second-order valence-electron chi connectivity index (χ2n) is 20.7. The van der Waals surface area contributed by atoms with E-state index in [4.69, 9.17) is 5.73 Å². The van der Waals surface area contributed by atoms with Crippen LogP contribution >= 0.6 is 0 Å². The van der Waals surface area contributed by atoms with Crippen molar-refractivity contribution in [3.8, 4) is 0 Å². The lowest BCUT2D eigenvalue weighted by Gasteiger charge is -2.33. The standard InChI is InChI=1S/C49H87N9O11/c1-13-29(10)38(50)46(65)52-33(23-27(6)7)41(60)55-39(30(11)14-2)48(67)58-21-17-19-37(58)45(64)54-35(25-59)43(62)53-34(24-28(8)9)47(66)57-20-16-18-36(57)44(63)51-32(22-26(4)5)42(61)56-40(49(68)69)31(12)15-3/h26-40,59H,13-25,50H2,1-12H3,(H,51,63)(H,52,65)(H,53,62)(H,54,64)(H,55,60)(H,56,61)(H,68,69)/t29-,30-,31-,32-,33-,34-,35-,36-,37-,38-,39-,40-/m0/s1. The maximum Gasteiger partial charge on any atom is 0.326 e. The Kier molecular flexibility index (Phi) is 25.1. The Morgan fingerprint density at radius 1 is 0.507 bits per heavy atom. The number of carboxylic acids is 1. The van der Waals surface area contributed by atoms with Crippen LogP contribution < -0.4 is 37.6 Å². The van der Waals surface area contributed by atoms with Gasteiger partial charge in [0.05, 0.1) is 12.6 Å². The molecule has 12 atom stereocenters. The van der Waals surface area contributed by atoms with Gasteiger partial charge in [-0.25, -0.2) is 4.79 Å². The Balaban J connectivity index is 2.27. The lowest BCUT2D eigenvalue weighted by Crippen LogP contribution is -2.61. The Morgan fingerprint density at radius 2 is 0.884 bits per heavy atom. The number of hydrogen-bond acceptors (Lipinski definition) is 11. The van der Waals surface area contributed by atoms with Gasteiger partial charge in [0.25, 0.3) is 0 Å². The molecule has 0 bridgehead atoms. The summed E-state index contributed by atoms with van der Waals surface area (Å²) < 4.78 is 0. The first kappa shape index (κ1) is 60.3. The summed E-state index contributed by atoms with van der Waals surface area (Å²) >= 11 is 0. The van der Waals surface area contributed by atoms with Crippen LogP contribution in [0.5, 0.6) is 0 Å². The molecule has 0 aromatic heterocycles. The number of carbonyl (C=O) groups is 9. The minimum Gasteiger partial charge on any atom is -0.480 e. The second-order valence-corrected chi connectivity index (χ2v) is 20.7. The summed E-state index contributed by atoms with van der Waals surface area (Å²) in [5.41, 5.74) is 6.18. The van der Waals surface area contributed by atoms with Gasteiger partial charge in [-0.3, -0.25) is 38.4 Å². The molecule has 0 aliphatic carbocycles. The molecule has 0 radical (unpaired) electrons. The van der Waals surface area contributed by atoms with E-state index in [-0.39, 0.29) is 74.3 Å². The average Bonchev–Trinajstić information content (AvgIpc) is 4.00. The third-order valence-electron chi connectivity index (χ3n) is 13.6. The quantitative estimate of drug-likeness (QED) is 0.0540. The maximum absolute atomic E-state index is 14.3. The zero-order chi connectivity index (χ0) is 52.4. The van der Waals surface area contributed by atoms with Gasteiger partial charge in [0.2, 0.25) is 47.3 Å². The molecule has 8 amide bonds. The minimum atomic E-state index is -1.53. The molecule has 2 aliphatic heterocycles. The molecule has 0 aromatic rings. The maximum atomic E-state index is 14.3. The van der Waals surface area contributed by atoms with Crippen LogP contribution in [-0.4, -0.2) is 147 Å². The highest BCUT2D eigenvalue weighted by Gasteiger charge is 2.43. The van der Waals surface area contributed by atoms with E-state index < -0.39 is 114 Å². The van der Waals surface area contributed by atoms with Crippen molar-refractivity contribution in [3.63, 3.8) is 0 Å². The molecule has 2 rings (SSSR count). The zero-order valence-corrected chi connectivity index (χ0v) is 43.4. The molecule has 20 heteroatoms. The fourth-order valence-corrected chi connectivity index (χ4v) is 8.74. The summed E-state index contributed by atoms with van der Waals surface area (Å²) in [7, 11) is 0. The van der Waals surface area contributed by atoms with Crippen molar-refractivity contribution in [1.29, 1.82) is 0 Å².